The molecule has 4 rings (SSSR count). The van der Waals surface area contributed by atoms with E-state index in [2.05, 4.69) is 15.6 Å². The summed E-state index contributed by atoms with van der Waals surface area (Å²) in [6.45, 7) is 0. The fraction of sp³-hybridized carbons (Fsp3) is 0. The highest BCUT2D eigenvalue weighted by Crippen LogP contribution is 2.28. The third-order valence-corrected chi connectivity index (χ3v) is 6.37. The molecule has 5 nitrogen and oxygen atoms in total. The van der Waals surface area contributed by atoms with Crippen molar-refractivity contribution in [1.82, 2.24) is 4.98 Å². The molecular weight excluding hydrogens is 524 g/mol. The van der Waals surface area contributed by atoms with E-state index in [1.165, 1.54) is 23.5 Å². The molecule has 0 atom stereocenters. The number of carbonyl (C=O) groups excluding carboxylic acids is 2. The van der Waals surface area contributed by atoms with Crippen molar-refractivity contribution >= 4 is 80.4 Å². The number of halogens is 4. The number of thiazole rings is 1. The number of anilines is 2. The van der Waals surface area contributed by atoms with Crippen LogP contribution in [0.4, 0.5) is 10.8 Å². The van der Waals surface area contributed by atoms with Gasteiger partial charge in [0.2, 0.25) is 0 Å². The highest BCUT2D eigenvalue weighted by Gasteiger charge is 2.14. The number of nitrogens with zero attached hydrogens (tertiary/aromatic N) is 1. The summed E-state index contributed by atoms with van der Waals surface area (Å²) in [4.78, 5) is 29.4. The maximum atomic E-state index is 12.5. The zero-order valence-electron chi connectivity index (χ0n) is 16.5. The van der Waals surface area contributed by atoms with Crippen molar-refractivity contribution in [2.24, 2.45) is 0 Å². The smallest absolute Gasteiger partial charge is 0.258 e. The molecule has 0 aliphatic rings. The van der Waals surface area contributed by atoms with Crippen LogP contribution in [-0.4, -0.2) is 16.8 Å². The summed E-state index contributed by atoms with van der Waals surface area (Å²) in [5, 5.41) is 9.21. The molecule has 0 bridgehead atoms. The van der Waals surface area contributed by atoms with E-state index in [-0.39, 0.29) is 21.9 Å². The van der Waals surface area contributed by atoms with Gasteiger partial charge in [0.25, 0.3) is 11.8 Å². The number of hydrogen-bond acceptors (Lipinski definition) is 4. The minimum absolute atomic E-state index is 0.259. The molecule has 33 heavy (non-hydrogen) atoms. The number of carbonyl (C=O) groups is 2. The van der Waals surface area contributed by atoms with E-state index in [0.29, 0.717) is 37.7 Å². The number of aromatic nitrogens is 1. The first-order chi connectivity index (χ1) is 15.8. The van der Waals surface area contributed by atoms with Crippen LogP contribution < -0.4 is 10.6 Å². The number of amides is 2. The molecule has 1 aromatic heterocycles. The Labute approximate surface area is 213 Å². The van der Waals surface area contributed by atoms with Crippen LogP contribution in [0, 0.1) is 0 Å². The van der Waals surface area contributed by atoms with Gasteiger partial charge in [0.1, 0.15) is 0 Å². The van der Waals surface area contributed by atoms with Crippen molar-refractivity contribution in [2.45, 2.75) is 0 Å². The normalized spacial score (nSPS) is 10.7. The van der Waals surface area contributed by atoms with Crippen LogP contribution in [0.5, 0.6) is 0 Å². The summed E-state index contributed by atoms with van der Waals surface area (Å²) < 4.78 is 0. The lowest BCUT2D eigenvalue weighted by Crippen LogP contribution is -2.12. The Morgan fingerprint density at radius 2 is 1.27 bits per heavy atom. The highest BCUT2D eigenvalue weighted by atomic mass is 35.5. The zero-order valence-corrected chi connectivity index (χ0v) is 20.4. The van der Waals surface area contributed by atoms with E-state index in [9.17, 15) is 9.59 Å². The Morgan fingerprint density at radius 3 is 1.82 bits per heavy atom. The van der Waals surface area contributed by atoms with Gasteiger partial charge in [0, 0.05) is 26.7 Å². The maximum Gasteiger partial charge on any atom is 0.258 e. The van der Waals surface area contributed by atoms with Gasteiger partial charge >= 0.3 is 0 Å². The zero-order chi connectivity index (χ0) is 23.5. The van der Waals surface area contributed by atoms with Crippen molar-refractivity contribution < 1.29 is 9.59 Å². The van der Waals surface area contributed by atoms with E-state index in [1.54, 1.807) is 36.4 Å². The van der Waals surface area contributed by atoms with E-state index < -0.39 is 0 Å². The molecule has 0 aliphatic carbocycles. The molecule has 0 saturated carbocycles. The predicted molar refractivity (Wildman–Crippen MR) is 136 cm³/mol. The second kappa shape index (κ2) is 10.1. The third-order valence-electron chi connectivity index (χ3n) is 4.51. The van der Waals surface area contributed by atoms with Crippen molar-refractivity contribution in [2.75, 3.05) is 10.6 Å². The lowest BCUT2D eigenvalue weighted by Gasteiger charge is -2.08. The maximum absolute atomic E-state index is 12.5. The SMILES string of the molecule is O=C(Nc1ccc(-c2csc(NC(=O)c3ccc(Cl)cc3Cl)n2)cc1)c1ccc(Cl)cc1Cl. The number of rotatable bonds is 5. The first kappa shape index (κ1) is 23.5. The lowest BCUT2D eigenvalue weighted by molar-refractivity contribution is 0.101. The number of benzene rings is 3. The van der Waals surface area contributed by atoms with Crippen LogP contribution in [-0.2, 0) is 0 Å². The summed E-state index contributed by atoms with van der Waals surface area (Å²) >= 11 is 25.2. The van der Waals surface area contributed by atoms with Gasteiger partial charge in [-0.05, 0) is 48.5 Å². The minimum atomic E-state index is -0.378. The molecule has 1 heterocycles. The summed E-state index contributed by atoms with van der Waals surface area (Å²) in [6.07, 6.45) is 0. The summed E-state index contributed by atoms with van der Waals surface area (Å²) in [6, 6.07) is 16.5. The van der Waals surface area contributed by atoms with Crippen LogP contribution in [0.2, 0.25) is 20.1 Å². The van der Waals surface area contributed by atoms with Crippen LogP contribution >= 0.6 is 57.7 Å². The fourth-order valence-corrected chi connectivity index (χ4v) is 4.60. The third kappa shape index (κ3) is 5.66. The molecule has 2 N–H and O–H groups in total. The summed E-state index contributed by atoms with van der Waals surface area (Å²) in [5.41, 5.74) is 2.72. The Kier molecular flexibility index (Phi) is 7.22. The van der Waals surface area contributed by atoms with Crippen molar-refractivity contribution in [3.8, 4) is 11.3 Å². The van der Waals surface area contributed by atoms with Gasteiger partial charge in [-0.1, -0.05) is 58.5 Å². The van der Waals surface area contributed by atoms with Crippen molar-refractivity contribution in [1.29, 1.82) is 0 Å². The van der Waals surface area contributed by atoms with Crippen molar-refractivity contribution in [3.05, 3.63) is 97.3 Å². The molecule has 0 saturated heterocycles. The molecule has 166 valence electrons. The molecule has 0 spiro atoms. The Balaban J connectivity index is 1.43. The fourth-order valence-electron chi connectivity index (χ4n) is 2.90. The second-order valence-electron chi connectivity index (χ2n) is 6.77. The number of hydrogen-bond donors (Lipinski definition) is 2. The molecule has 4 aromatic rings. The van der Waals surface area contributed by atoms with Gasteiger partial charge in [-0.2, -0.15) is 0 Å². The van der Waals surface area contributed by atoms with E-state index in [1.807, 2.05) is 17.5 Å². The highest BCUT2D eigenvalue weighted by molar-refractivity contribution is 7.14. The first-order valence-corrected chi connectivity index (χ1v) is 11.8. The molecule has 0 fully saturated rings. The molecule has 2 amide bonds. The van der Waals surface area contributed by atoms with Gasteiger partial charge in [0.15, 0.2) is 5.13 Å². The molecule has 10 heteroatoms. The van der Waals surface area contributed by atoms with E-state index >= 15 is 0 Å². The molecule has 0 unspecified atom stereocenters. The van der Waals surface area contributed by atoms with E-state index in [4.69, 9.17) is 46.4 Å². The molecule has 0 aliphatic heterocycles. The molecular formula is C23H13Cl4N3O2S. The van der Waals surface area contributed by atoms with Gasteiger partial charge in [-0.25, -0.2) is 4.98 Å². The van der Waals surface area contributed by atoms with Gasteiger partial charge in [-0.15, -0.1) is 11.3 Å². The minimum Gasteiger partial charge on any atom is -0.322 e. The van der Waals surface area contributed by atoms with Crippen LogP contribution in [0.25, 0.3) is 11.3 Å². The first-order valence-electron chi connectivity index (χ1n) is 9.39. The van der Waals surface area contributed by atoms with Gasteiger partial charge < -0.3 is 5.32 Å². The topological polar surface area (TPSA) is 71.1 Å². The monoisotopic (exact) mass is 535 g/mol. The Hall–Kier alpha value is -2.61. The Morgan fingerprint density at radius 1 is 0.727 bits per heavy atom. The summed E-state index contributed by atoms with van der Waals surface area (Å²) in [5.74, 6) is -0.722. The van der Waals surface area contributed by atoms with Crippen molar-refractivity contribution in [3.63, 3.8) is 0 Å². The lowest BCUT2D eigenvalue weighted by atomic mass is 10.1. The predicted octanol–water partition coefficient (Wildman–Crippen LogP) is 7.93. The van der Waals surface area contributed by atoms with Crippen LogP contribution in [0.15, 0.2) is 66.0 Å². The number of nitrogens with one attached hydrogen (secondary N) is 2. The molecule has 3 aromatic carbocycles. The van der Waals surface area contributed by atoms with E-state index in [0.717, 1.165) is 5.56 Å². The quantitative estimate of drug-likeness (QED) is 0.272. The van der Waals surface area contributed by atoms with Gasteiger partial charge in [-0.3, -0.25) is 14.9 Å². The largest absolute Gasteiger partial charge is 0.322 e. The Bertz CT molecular complexity index is 1360. The van der Waals surface area contributed by atoms with Crippen LogP contribution in [0.1, 0.15) is 20.7 Å². The second-order valence-corrected chi connectivity index (χ2v) is 9.32. The average Bonchev–Trinajstić information content (AvgIpc) is 3.22. The standard InChI is InChI=1S/C23H13Cl4N3O2S/c24-13-3-7-16(18(26)9-13)21(31)28-15-5-1-12(2-6-15)20-11-33-23(29-20)30-22(32)17-8-4-14(25)10-19(17)27/h1-11H,(H,28,31)(H,29,30,32). The summed E-state index contributed by atoms with van der Waals surface area (Å²) in [7, 11) is 0. The van der Waals surface area contributed by atoms with Gasteiger partial charge in [0.05, 0.1) is 26.9 Å². The average molecular weight is 537 g/mol. The molecule has 0 radical (unpaired) electrons. The van der Waals surface area contributed by atoms with Crippen LogP contribution in [0.3, 0.4) is 0 Å².